The highest BCUT2D eigenvalue weighted by molar-refractivity contribution is 5.16. The minimum absolute atomic E-state index is 0.265. The first-order valence-electron chi connectivity index (χ1n) is 5.92. The molecule has 0 spiro atoms. The zero-order valence-electron chi connectivity index (χ0n) is 9.42. The summed E-state index contributed by atoms with van der Waals surface area (Å²) in [5.74, 6) is 0. The molecule has 2 unspecified atom stereocenters. The molecule has 0 radical (unpaired) electrons. The van der Waals surface area contributed by atoms with Gasteiger partial charge in [0.15, 0.2) is 6.29 Å². The van der Waals surface area contributed by atoms with E-state index in [4.69, 9.17) is 14.2 Å². The molecule has 0 amide bonds. The molecule has 1 aromatic carbocycles. The Bertz CT molecular complexity index is 370. The standard InChI is InChI=1S/C13H15FO3/c14-10-6-7-15-11-8-16-13(17-12(10)11)9-4-2-1-3-5-9/h1-5,10-13H,6-8H2/t10-,11?,12-,13?/m0/s1. The van der Waals surface area contributed by atoms with Gasteiger partial charge in [0.1, 0.15) is 18.4 Å². The molecule has 4 heteroatoms. The van der Waals surface area contributed by atoms with Crippen LogP contribution in [0, 0.1) is 0 Å². The minimum Gasteiger partial charge on any atom is -0.373 e. The molecule has 0 saturated carbocycles. The van der Waals surface area contributed by atoms with E-state index in [0.717, 1.165) is 5.56 Å². The first-order chi connectivity index (χ1) is 8.34. The summed E-state index contributed by atoms with van der Waals surface area (Å²) in [4.78, 5) is 0. The molecule has 1 aromatic rings. The van der Waals surface area contributed by atoms with Crippen molar-refractivity contribution < 1.29 is 18.6 Å². The molecule has 3 rings (SSSR count). The number of halogens is 1. The zero-order chi connectivity index (χ0) is 11.7. The van der Waals surface area contributed by atoms with Gasteiger partial charge in [0, 0.05) is 12.0 Å². The van der Waals surface area contributed by atoms with Gasteiger partial charge in [0.2, 0.25) is 0 Å². The molecule has 2 saturated heterocycles. The summed E-state index contributed by atoms with van der Waals surface area (Å²) >= 11 is 0. The highest BCUT2D eigenvalue weighted by Crippen LogP contribution is 2.32. The fourth-order valence-corrected chi connectivity index (χ4v) is 2.29. The van der Waals surface area contributed by atoms with Crippen molar-refractivity contribution in [3.63, 3.8) is 0 Å². The van der Waals surface area contributed by atoms with Crippen LogP contribution in [0.5, 0.6) is 0 Å². The van der Waals surface area contributed by atoms with Crippen LogP contribution in [-0.4, -0.2) is 31.6 Å². The van der Waals surface area contributed by atoms with Crippen molar-refractivity contribution in [2.75, 3.05) is 13.2 Å². The van der Waals surface area contributed by atoms with Crippen LogP contribution in [0.2, 0.25) is 0 Å². The van der Waals surface area contributed by atoms with E-state index in [9.17, 15) is 4.39 Å². The smallest absolute Gasteiger partial charge is 0.184 e. The van der Waals surface area contributed by atoms with Crippen molar-refractivity contribution in [1.82, 2.24) is 0 Å². The number of benzene rings is 1. The fourth-order valence-electron chi connectivity index (χ4n) is 2.29. The van der Waals surface area contributed by atoms with Gasteiger partial charge in [0.25, 0.3) is 0 Å². The topological polar surface area (TPSA) is 27.7 Å². The van der Waals surface area contributed by atoms with E-state index in [1.54, 1.807) is 0 Å². The molecule has 2 fully saturated rings. The number of fused-ring (bicyclic) bond motifs is 1. The van der Waals surface area contributed by atoms with Crippen LogP contribution in [0.25, 0.3) is 0 Å². The van der Waals surface area contributed by atoms with Crippen LogP contribution in [0.3, 0.4) is 0 Å². The molecule has 4 atom stereocenters. The van der Waals surface area contributed by atoms with Crippen molar-refractivity contribution in [3.05, 3.63) is 35.9 Å². The molecule has 2 heterocycles. The number of ether oxygens (including phenoxy) is 3. The summed E-state index contributed by atoms with van der Waals surface area (Å²) in [6.07, 6.45) is -1.79. The van der Waals surface area contributed by atoms with Crippen LogP contribution in [0.1, 0.15) is 18.3 Å². The second-order valence-electron chi connectivity index (χ2n) is 4.39. The Kier molecular flexibility index (Phi) is 3.09. The predicted molar refractivity (Wildman–Crippen MR) is 59.3 cm³/mol. The summed E-state index contributed by atoms with van der Waals surface area (Å²) in [6, 6.07) is 9.59. The molecular formula is C13H15FO3. The third kappa shape index (κ3) is 2.20. The van der Waals surface area contributed by atoms with Crippen molar-refractivity contribution in [3.8, 4) is 0 Å². The molecular weight excluding hydrogens is 223 g/mol. The van der Waals surface area contributed by atoms with E-state index in [-0.39, 0.29) is 6.10 Å². The average Bonchev–Trinajstić information content (AvgIpc) is 2.40. The van der Waals surface area contributed by atoms with E-state index in [0.29, 0.717) is 19.6 Å². The fraction of sp³-hybridized carbons (Fsp3) is 0.538. The van der Waals surface area contributed by atoms with Gasteiger partial charge >= 0.3 is 0 Å². The van der Waals surface area contributed by atoms with Crippen LogP contribution in [0.15, 0.2) is 30.3 Å². The molecule has 2 aliphatic heterocycles. The van der Waals surface area contributed by atoms with E-state index in [1.165, 1.54) is 0 Å². The summed E-state index contributed by atoms with van der Waals surface area (Å²) in [5, 5.41) is 0. The van der Waals surface area contributed by atoms with Gasteiger partial charge in [-0.15, -0.1) is 0 Å². The van der Waals surface area contributed by atoms with Crippen LogP contribution >= 0.6 is 0 Å². The summed E-state index contributed by atoms with van der Waals surface area (Å²) in [7, 11) is 0. The second kappa shape index (κ2) is 4.72. The Morgan fingerprint density at radius 1 is 1.12 bits per heavy atom. The van der Waals surface area contributed by atoms with Gasteiger partial charge in [-0.1, -0.05) is 30.3 Å². The summed E-state index contributed by atoms with van der Waals surface area (Å²) in [5.41, 5.74) is 0.920. The van der Waals surface area contributed by atoms with Crippen molar-refractivity contribution in [2.45, 2.75) is 31.1 Å². The molecule has 3 nitrogen and oxygen atoms in total. The second-order valence-corrected chi connectivity index (χ2v) is 4.39. The molecule has 0 aliphatic carbocycles. The monoisotopic (exact) mass is 238 g/mol. The van der Waals surface area contributed by atoms with Crippen LogP contribution in [0.4, 0.5) is 4.39 Å². The lowest BCUT2D eigenvalue weighted by atomic mass is 10.0. The Morgan fingerprint density at radius 2 is 1.94 bits per heavy atom. The highest BCUT2D eigenvalue weighted by atomic mass is 19.1. The van der Waals surface area contributed by atoms with E-state index in [2.05, 4.69) is 0 Å². The summed E-state index contributed by atoms with van der Waals surface area (Å²) < 4.78 is 30.4. The maximum atomic E-state index is 13.7. The largest absolute Gasteiger partial charge is 0.373 e. The lowest BCUT2D eigenvalue weighted by Crippen LogP contribution is -2.50. The normalized spacial score (nSPS) is 37.5. The van der Waals surface area contributed by atoms with Crippen molar-refractivity contribution in [1.29, 1.82) is 0 Å². The van der Waals surface area contributed by atoms with Gasteiger partial charge in [-0.2, -0.15) is 0 Å². The maximum Gasteiger partial charge on any atom is 0.184 e. The molecule has 0 aromatic heterocycles. The number of hydrogen-bond acceptors (Lipinski definition) is 3. The van der Waals surface area contributed by atoms with Gasteiger partial charge in [0.05, 0.1) is 13.2 Å². The number of hydrogen-bond donors (Lipinski definition) is 0. The van der Waals surface area contributed by atoms with E-state index < -0.39 is 18.6 Å². The molecule has 92 valence electrons. The predicted octanol–water partition coefficient (Wildman–Crippen LogP) is 2.23. The number of alkyl halides is 1. The average molecular weight is 238 g/mol. The minimum atomic E-state index is -0.955. The van der Waals surface area contributed by atoms with Crippen molar-refractivity contribution in [2.24, 2.45) is 0 Å². The van der Waals surface area contributed by atoms with Crippen molar-refractivity contribution >= 4 is 0 Å². The molecule has 17 heavy (non-hydrogen) atoms. The Balaban J connectivity index is 1.74. The van der Waals surface area contributed by atoms with Gasteiger partial charge in [-0.25, -0.2) is 4.39 Å². The quantitative estimate of drug-likeness (QED) is 0.751. The van der Waals surface area contributed by atoms with Gasteiger partial charge in [-0.3, -0.25) is 0 Å². The first kappa shape index (κ1) is 11.1. The molecule has 0 N–H and O–H groups in total. The number of rotatable bonds is 1. The maximum absolute atomic E-state index is 13.7. The third-order valence-corrected chi connectivity index (χ3v) is 3.21. The Labute approximate surface area is 99.5 Å². The van der Waals surface area contributed by atoms with Gasteiger partial charge in [-0.05, 0) is 0 Å². The van der Waals surface area contributed by atoms with Crippen LogP contribution in [-0.2, 0) is 14.2 Å². The highest BCUT2D eigenvalue weighted by Gasteiger charge is 2.41. The SMILES string of the molecule is F[C@H]1CCOC2COC(c3ccccc3)O[C@H]21. The summed E-state index contributed by atoms with van der Waals surface area (Å²) in [6.45, 7) is 0.843. The Hall–Kier alpha value is -0.970. The lowest BCUT2D eigenvalue weighted by molar-refractivity contribution is -0.291. The zero-order valence-corrected chi connectivity index (χ0v) is 9.42. The third-order valence-electron chi connectivity index (χ3n) is 3.21. The lowest BCUT2D eigenvalue weighted by Gasteiger charge is -2.40. The van der Waals surface area contributed by atoms with E-state index >= 15 is 0 Å². The first-order valence-corrected chi connectivity index (χ1v) is 5.92. The molecule has 2 aliphatic rings. The van der Waals surface area contributed by atoms with E-state index in [1.807, 2.05) is 30.3 Å². The van der Waals surface area contributed by atoms with Crippen LogP contribution < -0.4 is 0 Å². The Morgan fingerprint density at radius 3 is 2.76 bits per heavy atom. The van der Waals surface area contributed by atoms with Gasteiger partial charge < -0.3 is 14.2 Å². The molecule has 0 bridgehead atoms.